The van der Waals surface area contributed by atoms with Crippen molar-refractivity contribution in [1.29, 1.82) is 0 Å². The molecular weight excluding hydrogens is 410 g/mol. The Hall–Kier alpha value is -3.05. The number of nitrogens with zero attached hydrogens (tertiary/aromatic N) is 3. The fraction of sp³-hybridized carbons (Fsp3) is 0.280. The molecule has 1 fully saturated rings. The molecule has 0 N–H and O–H groups in total. The first-order valence-electron chi connectivity index (χ1n) is 10.7. The summed E-state index contributed by atoms with van der Waals surface area (Å²) in [5, 5.41) is 0.729. The minimum absolute atomic E-state index is 0.0107. The van der Waals surface area contributed by atoms with E-state index in [4.69, 9.17) is 11.6 Å². The number of benzene rings is 2. The Kier molecular flexibility index (Phi) is 5.28. The van der Waals surface area contributed by atoms with Crippen LogP contribution in [0.25, 0.3) is 0 Å². The molecule has 2 aromatic carbocycles. The molecule has 0 spiro atoms. The van der Waals surface area contributed by atoms with E-state index in [-0.39, 0.29) is 17.6 Å². The second kappa shape index (κ2) is 8.23. The molecule has 1 amide bonds. The third-order valence-corrected chi connectivity index (χ3v) is 6.61. The van der Waals surface area contributed by atoms with E-state index in [1.165, 1.54) is 0 Å². The highest BCUT2D eigenvalue weighted by molar-refractivity contribution is 6.30. The standard InChI is InChI=1S/C25H24ClN3O2/c26-19-6-8-20(9-7-19)27-14-16-28(17-15-27)25(31)21-12-13-29-22(21)10-11-23(29)24(30)18-4-2-1-3-5-18/h1-11,21H,12-17H2/t21-/m0/s1. The molecule has 0 unspecified atom stereocenters. The number of aromatic nitrogens is 1. The molecule has 1 saturated heterocycles. The van der Waals surface area contributed by atoms with Crippen LogP contribution in [0.4, 0.5) is 5.69 Å². The Morgan fingerprint density at radius 1 is 0.806 bits per heavy atom. The number of rotatable bonds is 4. The van der Waals surface area contributed by atoms with Gasteiger partial charge in [0.15, 0.2) is 0 Å². The number of ketones is 1. The molecule has 2 aliphatic heterocycles. The van der Waals surface area contributed by atoms with Gasteiger partial charge < -0.3 is 14.4 Å². The fourth-order valence-electron chi connectivity index (χ4n) is 4.69. The molecule has 3 heterocycles. The van der Waals surface area contributed by atoms with Gasteiger partial charge in [0.25, 0.3) is 0 Å². The molecule has 3 aromatic rings. The maximum absolute atomic E-state index is 13.3. The molecule has 0 saturated carbocycles. The molecule has 5 rings (SSSR count). The summed E-state index contributed by atoms with van der Waals surface area (Å²) in [7, 11) is 0. The van der Waals surface area contributed by atoms with E-state index < -0.39 is 0 Å². The Morgan fingerprint density at radius 3 is 2.23 bits per heavy atom. The molecule has 158 valence electrons. The maximum atomic E-state index is 13.3. The van der Waals surface area contributed by atoms with Gasteiger partial charge in [-0.2, -0.15) is 0 Å². The summed E-state index contributed by atoms with van der Waals surface area (Å²) < 4.78 is 2.03. The van der Waals surface area contributed by atoms with Gasteiger partial charge >= 0.3 is 0 Å². The molecular formula is C25H24ClN3O2. The van der Waals surface area contributed by atoms with Crippen molar-refractivity contribution in [3.8, 4) is 0 Å². The number of fused-ring (bicyclic) bond motifs is 1. The number of amides is 1. The molecule has 0 bridgehead atoms. The number of hydrogen-bond donors (Lipinski definition) is 0. The van der Waals surface area contributed by atoms with Crippen molar-refractivity contribution in [2.45, 2.75) is 18.9 Å². The lowest BCUT2D eigenvalue weighted by atomic mass is 10.0. The molecule has 31 heavy (non-hydrogen) atoms. The van der Waals surface area contributed by atoms with Crippen molar-refractivity contribution >= 4 is 29.0 Å². The third kappa shape index (κ3) is 3.74. The van der Waals surface area contributed by atoms with Crippen LogP contribution in [0.2, 0.25) is 5.02 Å². The van der Waals surface area contributed by atoms with Gasteiger partial charge in [0.05, 0.1) is 11.6 Å². The SMILES string of the molecule is O=C(c1ccccc1)c1ccc2n1CC[C@@H]2C(=O)N1CCN(c2ccc(Cl)cc2)CC1. The van der Waals surface area contributed by atoms with Crippen LogP contribution in [0.1, 0.15) is 34.1 Å². The topological polar surface area (TPSA) is 45.6 Å². The number of carbonyl (C=O) groups excluding carboxylic acids is 2. The second-order valence-corrected chi connectivity index (χ2v) is 8.56. The minimum Gasteiger partial charge on any atom is -0.368 e. The van der Waals surface area contributed by atoms with Gasteiger partial charge in [-0.15, -0.1) is 0 Å². The predicted octanol–water partition coefficient (Wildman–Crippen LogP) is 4.21. The van der Waals surface area contributed by atoms with Crippen LogP contribution in [-0.4, -0.2) is 47.3 Å². The van der Waals surface area contributed by atoms with Crippen LogP contribution in [-0.2, 0) is 11.3 Å². The van der Waals surface area contributed by atoms with Crippen LogP contribution in [0.5, 0.6) is 0 Å². The zero-order valence-corrected chi connectivity index (χ0v) is 18.0. The number of halogens is 1. The Balaban J connectivity index is 1.27. The normalized spacial score (nSPS) is 18.2. The average Bonchev–Trinajstić information content (AvgIpc) is 3.42. The minimum atomic E-state index is -0.167. The summed E-state index contributed by atoms with van der Waals surface area (Å²) in [6, 6.07) is 21.0. The van der Waals surface area contributed by atoms with E-state index in [1.54, 1.807) is 0 Å². The summed E-state index contributed by atoms with van der Waals surface area (Å²) in [6.45, 7) is 3.72. The average molecular weight is 434 g/mol. The Bertz CT molecular complexity index is 1100. The maximum Gasteiger partial charge on any atom is 0.231 e. The van der Waals surface area contributed by atoms with Crippen LogP contribution < -0.4 is 4.90 Å². The first-order valence-corrected chi connectivity index (χ1v) is 11.1. The van der Waals surface area contributed by atoms with Gasteiger partial charge in [0.1, 0.15) is 0 Å². The summed E-state index contributed by atoms with van der Waals surface area (Å²) in [6.07, 6.45) is 0.751. The lowest BCUT2D eigenvalue weighted by molar-refractivity contribution is -0.133. The zero-order valence-electron chi connectivity index (χ0n) is 17.2. The van der Waals surface area contributed by atoms with Gasteiger partial charge in [-0.3, -0.25) is 9.59 Å². The van der Waals surface area contributed by atoms with E-state index >= 15 is 0 Å². The highest BCUT2D eigenvalue weighted by Crippen LogP contribution is 2.33. The van der Waals surface area contributed by atoms with Gasteiger partial charge in [0, 0.05) is 54.7 Å². The first-order chi connectivity index (χ1) is 15.1. The smallest absolute Gasteiger partial charge is 0.231 e. The zero-order chi connectivity index (χ0) is 21.4. The van der Waals surface area contributed by atoms with Gasteiger partial charge in [-0.1, -0.05) is 41.9 Å². The summed E-state index contributed by atoms with van der Waals surface area (Å²) in [4.78, 5) is 30.5. The molecule has 0 radical (unpaired) electrons. The molecule has 2 aliphatic rings. The molecule has 1 atom stereocenters. The summed E-state index contributed by atoms with van der Waals surface area (Å²) in [5.41, 5.74) is 3.44. The van der Waals surface area contributed by atoms with E-state index in [9.17, 15) is 9.59 Å². The highest BCUT2D eigenvalue weighted by Gasteiger charge is 2.35. The van der Waals surface area contributed by atoms with E-state index in [0.717, 1.165) is 35.9 Å². The van der Waals surface area contributed by atoms with Crippen LogP contribution in [0.3, 0.4) is 0 Å². The van der Waals surface area contributed by atoms with E-state index in [1.807, 2.05) is 76.2 Å². The Labute approximate surface area is 186 Å². The third-order valence-electron chi connectivity index (χ3n) is 6.36. The Morgan fingerprint density at radius 2 is 1.52 bits per heavy atom. The van der Waals surface area contributed by atoms with Crippen molar-refractivity contribution in [3.63, 3.8) is 0 Å². The number of carbonyl (C=O) groups is 2. The predicted molar refractivity (Wildman–Crippen MR) is 122 cm³/mol. The van der Waals surface area contributed by atoms with Crippen molar-refractivity contribution < 1.29 is 9.59 Å². The van der Waals surface area contributed by atoms with Crippen molar-refractivity contribution in [2.24, 2.45) is 0 Å². The lowest BCUT2D eigenvalue weighted by Gasteiger charge is -2.37. The fourth-order valence-corrected chi connectivity index (χ4v) is 4.81. The second-order valence-electron chi connectivity index (χ2n) is 8.12. The van der Waals surface area contributed by atoms with Gasteiger partial charge in [-0.05, 0) is 42.8 Å². The molecule has 6 heteroatoms. The van der Waals surface area contributed by atoms with Crippen LogP contribution >= 0.6 is 11.6 Å². The summed E-state index contributed by atoms with van der Waals surface area (Å²) in [5.74, 6) is 0.0160. The van der Waals surface area contributed by atoms with E-state index in [2.05, 4.69) is 4.90 Å². The molecule has 5 nitrogen and oxygen atoms in total. The van der Waals surface area contributed by atoms with Crippen LogP contribution in [0.15, 0.2) is 66.7 Å². The van der Waals surface area contributed by atoms with Crippen molar-refractivity contribution in [1.82, 2.24) is 9.47 Å². The first kappa shape index (κ1) is 19.9. The number of hydrogen-bond acceptors (Lipinski definition) is 3. The van der Waals surface area contributed by atoms with Crippen molar-refractivity contribution in [3.05, 3.63) is 88.7 Å². The van der Waals surface area contributed by atoms with E-state index in [0.29, 0.717) is 30.9 Å². The quantitative estimate of drug-likeness (QED) is 0.579. The molecule has 1 aromatic heterocycles. The van der Waals surface area contributed by atoms with Crippen LogP contribution in [0, 0.1) is 0 Å². The molecule has 0 aliphatic carbocycles. The lowest BCUT2D eigenvalue weighted by Crippen LogP contribution is -2.50. The largest absolute Gasteiger partial charge is 0.368 e. The highest BCUT2D eigenvalue weighted by atomic mass is 35.5. The van der Waals surface area contributed by atoms with Gasteiger partial charge in [-0.25, -0.2) is 0 Å². The van der Waals surface area contributed by atoms with Crippen molar-refractivity contribution in [2.75, 3.05) is 31.1 Å². The van der Waals surface area contributed by atoms with Gasteiger partial charge in [0.2, 0.25) is 11.7 Å². The number of anilines is 1. The summed E-state index contributed by atoms with van der Waals surface area (Å²) >= 11 is 5.99. The number of piperazine rings is 1. The monoisotopic (exact) mass is 433 g/mol.